The van der Waals surface area contributed by atoms with Crippen molar-refractivity contribution in [3.8, 4) is 11.5 Å². The van der Waals surface area contributed by atoms with Gasteiger partial charge in [-0.05, 0) is 42.0 Å². The van der Waals surface area contributed by atoms with Gasteiger partial charge in [-0.3, -0.25) is 14.9 Å². The molecule has 0 atom stereocenters. The minimum atomic E-state index is -0.481. The fourth-order valence-corrected chi connectivity index (χ4v) is 1.85. The molecule has 25 heavy (non-hydrogen) atoms. The fourth-order valence-electron chi connectivity index (χ4n) is 1.85. The van der Waals surface area contributed by atoms with Crippen molar-refractivity contribution >= 4 is 17.8 Å². The number of carbonyl (C=O) groups excluding carboxylic acids is 1. The van der Waals surface area contributed by atoms with Crippen LogP contribution in [0.4, 0.5) is 5.69 Å². The van der Waals surface area contributed by atoms with Gasteiger partial charge in [0.2, 0.25) is 5.91 Å². The summed E-state index contributed by atoms with van der Waals surface area (Å²) >= 11 is 0. The van der Waals surface area contributed by atoms with Crippen molar-refractivity contribution in [3.63, 3.8) is 0 Å². The second-order valence-electron chi connectivity index (χ2n) is 4.92. The van der Waals surface area contributed by atoms with Crippen molar-refractivity contribution in [3.05, 3.63) is 64.2 Å². The zero-order valence-corrected chi connectivity index (χ0v) is 13.5. The molecule has 1 amide bonds. The predicted octanol–water partition coefficient (Wildman–Crippen LogP) is 2.52. The van der Waals surface area contributed by atoms with E-state index in [0.717, 1.165) is 5.75 Å². The molecule has 1 N–H and O–H groups in total. The van der Waals surface area contributed by atoms with Crippen molar-refractivity contribution in [1.29, 1.82) is 0 Å². The van der Waals surface area contributed by atoms with Crippen molar-refractivity contribution in [2.75, 3.05) is 13.7 Å². The molecule has 0 saturated carbocycles. The number of hydrogen-bond donors (Lipinski definition) is 1. The lowest BCUT2D eigenvalue weighted by molar-refractivity contribution is -0.384. The number of methoxy groups -OCH3 is 1. The average molecular weight is 343 g/mol. The molecule has 2 rings (SSSR count). The van der Waals surface area contributed by atoms with Gasteiger partial charge in [-0.25, -0.2) is 5.43 Å². The molecule has 0 radical (unpaired) electrons. The third-order valence-corrected chi connectivity index (χ3v) is 3.16. The number of rotatable bonds is 8. The number of nitrogens with one attached hydrogen (secondary N) is 1. The Balaban J connectivity index is 1.71. The monoisotopic (exact) mass is 343 g/mol. The van der Waals surface area contributed by atoms with Crippen molar-refractivity contribution in [2.24, 2.45) is 5.10 Å². The molecule has 0 aliphatic heterocycles. The standard InChI is InChI=1S/C17H17N3O5/c1-24-15-6-8-16(9-7-15)25-11-10-17(21)19-18-12-13-2-4-14(5-3-13)20(22)23/h2-9,12H,10-11H2,1H3,(H,19,21)/b18-12+. The molecular weight excluding hydrogens is 326 g/mol. The predicted molar refractivity (Wildman–Crippen MR) is 91.9 cm³/mol. The Morgan fingerprint density at radius 3 is 2.40 bits per heavy atom. The summed E-state index contributed by atoms with van der Waals surface area (Å²) in [4.78, 5) is 21.7. The van der Waals surface area contributed by atoms with Gasteiger partial charge in [0, 0.05) is 12.1 Å². The fraction of sp³-hybridized carbons (Fsp3) is 0.176. The third kappa shape index (κ3) is 5.94. The molecule has 0 aliphatic rings. The Kier molecular flexibility index (Phi) is 6.47. The topological polar surface area (TPSA) is 103 Å². The summed E-state index contributed by atoms with van der Waals surface area (Å²) in [6.45, 7) is 0.214. The molecular formula is C17H17N3O5. The van der Waals surface area contributed by atoms with Crippen LogP contribution in [0.3, 0.4) is 0 Å². The highest BCUT2D eigenvalue weighted by atomic mass is 16.6. The van der Waals surface area contributed by atoms with Crippen molar-refractivity contribution < 1.29 is 19.2 Å². The van der Waals surface area contributed by atoms with E-state index in [1.54, 1.807) is 43.5 Å². The van der Waals surface area contributed by atoms with Crippen LogP contribution in [0.2, 0.25) is 0 Å². The molecule has 0 aromatic heterocycles. The van der Waals surface area contributed by atoms with Gasteiger partial charge >= 0.3 is 0 Å². The minimum absolute atomic E-state index is 0.00290. The molecule has 0 unspecified atom stereocenters. The molecule has 2 aromatic rings. The van der Waals surface area contributed by atoms with E-state index in [1.807, 2.05) is 0 Å². The number of amides is 1. The highest BCUT2D eigenvalue weighted by Gasteiger charge is 2.03. The number of non-ortho nitro benzene ring substituents is 1. The van der Waals surface area contributed by atoms with E-state index in [2.05, 4.69) is 10.5 Å². The summed E-state index contributed by atoms with van der Waals surface area (Å²) in [5.41, 5.74) is 3.01. The molecule has 8 nitrogen and oxygen atoms in total. The van der Waals surface area contributed by atoms with Crippen LogP contribution in [-0.4, -0.2) is 30.8 Å². The first-order valence-electron chi connectivity index (χ1n) is 7.41. The van der Waals surface area contributed by atoms with Crippen LogP contribution in [0.25, 0.3) is 0 Å². The summed E-state index contributed by atoms with van der Waals surface area (Å²) in [7, 11) is 1.58. The number of ether oxygens (including phenoxy) is 2. The van der Waals surface area contributed by atoms with Crippen molar-refractivity contribution in [1.82, 2.24) is 5.43 Å². The number of nitro groups is 1. The van der Waals surface area contributed by atoms with Crippen LogP contribution < -0.4 is 14.9 Å². The van der Waals surface area contributed by atoms with Crippen LogP contribution in [0.5, 0.6) is 11.5 Å². The van der Waals surface area contributed by atoms with Crippen molar-refractivity contribution in [2.45, 2.75) is 6.42 Å². The second-order valence-corrected chi connectivity index (χ2v) is 4.92. The SMILES string of the molecule is COc1ccc(OCCC(=O)N/N=C/c2ccc([N+](=O)[O-])cc2)cc1. The molecule has 0 fully saturated rings. The van der Waals surface area contributed by atoms with Gasteiger partial charge in [0.25, 0.3) is 5.69 Å². The van der Waals surface area contributed by atoms with Gasteiger partial charge in [0.05, 0.1) is 31.3 Å². The van der Waals surface area contributed by atoms with Gasteiger partial charge in [0.15, 0.2) is 0 Å². The van der Waals surface area contributed by atoms with Crippen LogP contribution in [0.15, 0.2) is 53.6 Å². The summed E-state index contributed by atoms with van der Waals surface area (Å²) in [5.74, 6) is 1.07. The molecule has 0 heterocycles. The molecule has 8 heteroatoms. The van der Waals surface area contributed by atoms with Gasteiger partial charge in [-0.15, -0.1) is 0 Å². The van der Waals surface area contributed by atoms with E-state index >= 15 is 0 Å². The maximum Gasteiger partial charge on any atom is 0.269 e. The quantitative estimate of drug-likeness (QED) is 0.451. The second kappa shape index (κ2) is 9.02. The summed E-state index contributed by atoms with van der Waals surface area (Å²) < 4.78 is 10.5. The number of nitrogens with zero attached hydrogens (tertiary/aromatic N) is 2. The largest absolute Gasteiger partial charge is 0.497 e. The Bertz CT molecular complexity index is 742. The number of nitro benzene ring substituents is 1. The Labute approximate surface area is 144 Å². The number of benzene rings is 2. The Hall–Kier alpha value is -3.42. The summed E-state index contributed by atoms with van der Waals surface area (Å²) in [6.07, 6.45) is 1.55. The first-order chi connectivity index (χ1) is 12.1. The van der Waals surface area contributed by atoms with E-state index in [1.165, 1.54) is 18.3 Å². The third-order valence-electron chi connectivity index (χ3n) is 3.16. The van der Waals surface area contributed by atoms with Gasteiger partial charge in [0.1, 0.15) is 11.5 Å². The Morgan fingerprint density at radius 1 is 1.16 bits per heavy atom. The van der Waals surface area contributed by atoms with Crippen LogP contribution in [0, 0.1) is 10.1 Å². The smallest absolute Gasteiger partial charge is 0.269 e. The first-order valence-corrected chi connectivity index (χ1v) is 7.41. The maximum atomic E-state index is 11.7. The number of carbonyl (C=O) groups is 1. The molecule has 2 aromatic carbocycles. The number of hydrazone groups is 1. The van der Waals surface area contributed by atoms with E-state index < -0.39 is 4.92 Å². The highest BCUT2D eigenvalue weighted by Crippen LogP contribution is 2.17. The van der Waals surface area contributed by atoms with E-state index in [-0.39, 0.29) is 24.6 Å². The van der Waals surface area contributed by atoms with Crippen LogP contribution in [-0.2, 0) is 4.79 Å². The number of hydrogen-bond acceptors (Lipinski definition) is 6. The molecule has 0 saturated heterocycles. The van der Waals surface area contributed by atoms with Crippen LogP contribution in [0.1, 0.15) is 12.0 Å². The van der Waals surface area contributed by atoms with Gasteiger partial charge in [-0.1, -0.05) is 0 Å². The summed E-state index contributed by atoms with van der Waals surface area (Å²) in [6, 6.07) is 12.9. The lowest BCUT2D eigenvalue weighted by atomic mass is 10.2. The summed E-state index contributed by atoms with van der Waals surface area (Å²) in [5, 5.41) is 14.3. The van der Waals surface area contributed by atoms with Crippen LogP contribution >= 0.6 is 0 Å². The Morgan fingerprint density at radius 2 is 1.80 bits per heavy atom. The van der Waals surface area contributed by atoms with E-state index in [0.29, 0.717) is 11.3 Å². The zero-order chi connectivity index (χ0) is 18.1. The zero-order valence-electron chi connectivity index (χ0n) is 13.5. The minimum Gasteiger partial charge on any atom is -0.497 e. The highest BCUT2D eigenvalue weighted by molar-refractivity contribution is 5.82. The average Bonchev–Trinajstić information content (AvgIpc) is 2.63. The molecule has 130 valence electrons. The lowest BCUT2D eigenvalue weighted by Gasteiger charge is -2.06. The maximum absolute atomic E-state index is 11.7. The molecule has 0 bridgehead atoms. The molecule has 0 aliphatic carbocycles. The first kappa shape index (κ1) is 17.9. The lowest BCUT2D eigenvalue weighted by Crippen LogP contribution is -2.19. The van der Waals surface area contributed by atoms with E-state index in [9.17, 15) is 14.9 Å². The van der Waals surface area contributed by atoms with Gasteiger partial charge in [-0.2, -0.15) is 5.10 Å². The molecule has 0 spiro atoms. The van der Waals surface area contributed by atoms with Gasteiger partial charge < -0.3 is 9.47 Å². The normalized spacial score (nSPS) is 10.4. The van der Waals surface area contributed by atoms with E-state index in [4.69, 9.17) is 9.47 Å².